The van der Waals surface area contributed by atoms with Gasteiger partial charge in [0.05, 0.1) is 6.20 Å². The van der Waals surface area contributed by atoms with E-state index in [1.165, 1.54) is 24.1 Å². The van der Waals surface area contributed by atoms with E-state index in [0.29, 0.717) is 16.6 Å². The minimum atomic E-state index is -1.06. The van der Waals surface area contributed by atoms with Crippen molar-refractivity contribution in [1.82, 2.24) is 4.98 Å². The number of carbonyl (C=O) groups is 1. The van der Waals surface area contributed by atoms with E-state index < -0.39 is 5.97 Å². The van der Waals surface area contributed by atoms with Crippen molar-refractivity contribution in [2.45, 2.75) is 11.0 Å². The third-order valence-corrected chi connectivity index (χ3v) is 3.49. The second kappa shape index (κ2) is 4.81. The molecule has 0 spiro atoms. The Morgan fingerprint density at radius 1 is 1.37 bits per heavy atom. The lowest BCUT2D eigenvalue weighted by atomic mass is 10.2. The van der Waals surface area contributed by atoms with E-state index in [1.54, 1.807) is 12.3 Å². The quantitative estimate of drug-likeness (QED) is 0.735. The number of fused-ring (bicyclic) bond motifs is 1. The number of hydrogen-bond acceptors (Lipinski definition) is 5. The number of oxazole rings is 1. The number of rotatable bonds is 4. The molecule has 0 aliphatic carbocycles. The summed E-state index contributed by atoms with van der Waals surface area (Å²) in [5, 5.41) is 10.3. The number of benzene rings is 1. The molecule has 0 bridgehead atoms. The third-order valence-electron chi connectivity index (χ3n) is 2.56. The van der Waals surface area contributed by atoms with E-state index in [9.17, 15) is 4.79 Å². The van der Waals surface area contributed by atoms with Crippen LogP contribution in [-0.4, -0.2) is 16.1 Å². The summed E-state index contributed by atoms with van der Waals surface area (Å²) in [7, 11) is 0. The van der Waals surface area contributed by atoms with Crippen LogP contribution in [0.3, 0.4) is 0 Å². The fourth-order valence-corrected chi connectivity index (χ4v) is 2.44. The van der Waals surface area contributed by atoms with Crippen LogP contribution < -0.4 is 0 Å². The van der Waals surface area contributed by atoms with E-state index in [1.807, 2.05) is 12.1 Å². The highest BCUT2D eigenvalue weighted by Crippen LogP contribution is 2.25. The molecule has 1 aromatic carbocycles. The summed E-state index contributed by atoms with van der Waals surface area (Å²) < 4.78 is 10.3. The normalized spacial score (nSPS) is 10.9. The molecule has 2 aromatic heterocycles. The molecule has 6 heteroatoms. The Balaban J connectivity index is 1.82. The highest BCUT2D eigenvalue weighted by atomic mass is 32.2. The van der Waals surface area contributed by atoms with Crippen molar-refractivity contribution in [3.8, 4) is 0 Å². The SMILES string of the molecule is O=C(O)c1cc2cc(CSc3ncco3)ccc2o1. The zero-order chi connectivity index (χ0) is 13.2. The van der Waals surface area contributed by atoms with Gasteiger partial charge in [-0.15, -0.1) is 0 Å². The molecule has 19 heavy (non-hydrogen) atoms. The van der Waals surface area contributed by atoms with Crippen LogP contribution in [0.2, 0.25) is 0 Å². The average Bonchev–Trinajstić information content (AvgIpc) is 3.04. The summed E-state index contributed by atoms with van der Waals surface area (Å²) in [6.45, 7) is 0. The van der Waals surface area contributed by atoms with Crippen LogP contribution in [0.1, 0.15) is 16.1 Å². The summed E-state index contributed by atoms with van der Waals surface area (Å²) >= 11 is 1.48. The van der Waals surface area contributed by atoms with Crippen molar-refractivity contribution in [3.05, 3.63) is 48.0 Å². The van der Waals surface area contributed by atoms with E-state index in [4.69, 9.17) is 13.9 Å². The van der Waals surface area contributed by atoms with E-state index in [0.717, 1.165) is 10.9 Å². The van der Waals surface area contributed by atoms with Crippen LogP contribution in [0.15, 0.2) is 50.8 Å². The van der Waals surface area contributed by atoms with Gasteiger partial charge in [0.1, 0.15) is 11.8 Å². The molecule has 3 rings (SSSR count). The maximum absolute atomic E-state index is 10.8. The summed E-state index contributed by atoms with van der Waals surface area (Å²) in [5.41, 5.74) is 1.62. The molecule has 2 heterocycles. The highest BCUT2D eigenvalue weighted by Gasteiger charge is 2.10. The van der Waals surface area contributed by atoms with Crippen LogP contribution in [0, 0.1) is 0 Å². The minimum absolute atomic E-state index is 0.0486. The van der Waals surface area contributed by atoms with E-state index in [-0.39, 0.29) is 5.76 Å². The molecule has 0 radical (unpaired) electrons. The molecule has 0 saturated heterocycles. The Morgan fingerprint density at radius 2 is 2.26 bits per heavy atom. The van der Waals surface area contributed by atoms with Crippen molar-refractivity contribution in [2.75, 3.05) is 0 Å². The lowest BCUT2D eigenvalue weighted by Gasteiger charge is -1.98. The maximum atomic E-state index is 10.8. The molecule has 0 aliphatic heterocycles. The van der Waals surface area contributed by atoms with Gasteiger partial charge in [0, 0.05) is 11.1 Å². The van der Waals surface area contributed by atoms with Crippen molar-refractivity contribution < 1.29 is 18.7 Å². The Hall–Kier alpha value is -2.21. The number of hydrogen-bond donors (Lipinski definition) is 1. The molecule has 0 fully saturated rings. The first kappa shape index (κ1) is 11.9. The van der Waals surface area contributed by atoms with Gasteiger partial charge in [-0.3, -0.25) is 0 Å². The maximum Gasteiger partial charge on any atom is 0.371 e. The largest absolute Gasteiger partial charge is 0.475 e. The Labute approximate surface area is 112 Å². The fraction of sp³-hybridized carbons (Fsp3) is 0.0769. The molecule has 0 atom stereocenters. The van der Waals surface area contributed by atoms with Crippen LogP contribution in [-0.2, 0) is 5.75 Å². The van der Waals surface area contributed by atoms with Gasteiger partial charge in [0.15, 0.2) is 0 Å². The summed E-state index contributed by atoms with van der Waals surface area (Å²) in [6, 6.07) is 7.10. The number of furan rings is 1. The van der Waals surface area contributed by atoms with Crippen LogP contribution in [0.5, 0.6) is 0 Å². The van der Waals surface area contributed by atoms with Gasteiger partial charge < -0.3 is 13.9 Å². The van der Waals surface area contributed by atoms with Gasteiger partial charge in [0.25, 0.3) is 5.22 Å². The van der Waals surface area contributed by atoms with Gasteiger partial charge in [-0.05, 0) is 23.8 Å². The number of carboxylic acid groups (broad SMARTS) is 1. The molecule has 0 aliphatic rings. The van der Waals surface area contributed by atoms with E-state index >= 15 is 0 Å². The molecule has 0 unspecified atom stereocenters. The van der Waals surface area contributed by atoms with Gasteiger partial charge in [-0.2, -0.15) is 0 Å². The number of thioether (sulfide) groups is 1. The zero-order valence-electron chi connectivity index (χ0n) is 9.70. The minimum Gasteiger partial charge on any atom is -0.475 e. The molecular formula is C13H9NO4S. The van der Waals surface area contributed by atoms with Gasteiger partial charge >= 0.3 is 5.97 Å². The molecule has 3 aromatic rings. The average molecular weight is 275 g/mol. The van der Waals surface area contributed by atoms with Gasteiger partial charge in [-0.1, -0.05) is 17.8 Å². The van der Waals surface area contributed by atoms with Gasteiger partial charge in [-0.25, -0.2) is 9.78 Å². The van der Waals surface area contributed by atoms with Crippen LogP contribution >= 0.6 is 11.8 Å². The summed E-state index contributed by atoms with van der Waals surface area (Å²) in [6.07, 6.45) is 3.13. The lowest BCUT2D eigenvalue weighted by Crippen LogP contribution is -1.91. The summed E-state index contributed by atoms with van der Waals surface area (Å²) in [4.78, 5) is 14.8. The lowest BCUT2D eigenvalue weighted by molar-refractivity contribution is 0.0665. The monoisotopic (exact) mass is 275 g/mol. The van der Waals surface area contributed by atoms with Crippen LogP contribution in [0.25, 0.3) is 11.0 Å². The second-order valence-electron chi connectivity index (χ2n) is 3.87. The van der Waals surface area contributed by atoms with Crippen molar-refractivity contribution in [2.24, 2.45) is 0 Å². The molecule has 0 amide bonds. The predicted octanol–water partition coefficient (Wildman–Crippen LogP) is 3.41. The van der Waals surface area contributed by atoms with Gasteiger partial charge in [0.2, 0.25) is 5.76 Å². The molecule has 0 saturated carbocycles. The van der Waals surface area contributed by atoms with Crippen LogP contribution in [0.4, 0.5) is 0 Å². The Bertz CT molecular complexity index is 717. The first-order chi connectivity index (χ1) is 9.22. The molecule has 96 valence electrons. The topological polar surface area (TPSA) is 76.5 Å². The smallest absolute Gasteiger partial charge is 0.371 e. The first-order valence-corrected chi connectivity index (χ1v) is 6.49. The summed E-state index contributed by atoms with van der Waals surface area (Å²) in [5.74, 6) is -0.413. The van der Waals surface area contributed by atoms with E-state index in [2.05, 4.69) is 4.98 Å². The predicted molar refractivity (Wildman–Crippen MR) is 69.2 cm³/mol. The molecular weight excluding hydrogens is 266 g/mol. The third kappa shape index (κ3) is 2.48. The van der Waals surface area contributed by atoms with Crippen molar-refractivity contribution >= 4 is 28.7 Å². The highest BCUT2D eigenvalue weighted by molar-refractivity contribution is 7.98. The zero-order valence-corrected chi connectivity index (χ0v) is 10.5. The fourth-order valence-electron chi connectivity index (χ4n) is 1.71. The number of nitrogens with zero attached hydrogens (tertiary/aromatic N) is 1. The number of aromatic nitrogens is 1. The second-order valence-corrected chi connectivity index (χ2v) is 4.80. The Morgan fingerprint density at radius 3 is 3.00 bits per heavy atom. The molecule has 1 N–H and O–H groups in total. The number of carboxylic acids is 1. The first-order valence-electron chi connectivity index (χ1n) is 5.50. The molecule has 5 nitrogen and oxygen atoms in total. The van der Waals surface area contributed by atoms with Crippen molar-refractivity contribution in [1.29, 1.82) is 0 Å². The Kier molecular flexibility index (Phi) is 3.00. The standard InChI is InChI=1S/C13H9NO4S/c15-12(16)11-6-9-5-8(1-2-10(9)18-11)7-19-13-14-3-4-17-13/h1-6H,7H2,(H,15,16). The van der Waals surface area contributed by atoms with Crippen molar-refractivity contribution in [3.63, 3.8) is 0 Å². The number of aromatic carboxylic acids is 1.